The summed E-state index contributed by atoms with van der Waals surface area (Å²) in [5, 5.41) is 4.90. The Kier molecular flexibility index (Phi) is 7.10. The van der Waals surface area contributed by atoms with Crippen molar-refractivity contribution in [1.82, 2.24) is 15.3 Å². The van der Waals surface area contributed by atoms with Crippen molar-refractivity contribution in [3.8, 4) is 11.5 Å². The van der Waals surface area contributed by atoms with Crippen molar-refractivity contribution >= 4 is 16.9 Å². The number of nitrogens with zero attached hydrogens (tertiary/aromatic N) is 3. The molecule has 6 nitrogen and oxygen atoms in total. The molecular weight excluding hydrogens is 400 g/mol. The first-order valence-corrected chi connectivity index (χ1v) is 11.5. The lowest BCUT2D eigenvalue weighted by Crippen LogP contribution is -2.32. The lowest BCUT2D eigenvalue weighted by atomic mass is 10.1. The Morgan fingerprint density at radius 1 is 0.969 bits per heavy atom. The van der Waals surface area contributed by atoms with Crippen LogP contribution in [0.5, 0.6) is 11.5 Å². The molecule has 1 aliphatic rings. The van der Waals surface area contributed by atoms with Crippen LogP contribution in [0.1, 0.15) is 36.1 Å². The van der Waals surface area contributed by atoms with E-state index in [4.69, 9.17) is 19.4 Å². The summed E-state index contributed by atoms with van der Waals surface area (Å²) in [4.78, 5) is 12.1. The lowest BCUT2D eigenvalue weighted by molar-refractivity contribution is 0.354. The Morgan fingerprint density at radius 2 is 1.81 bits per heavy atom. The molecule has 0 aliphatic carbocycles. The zero-order valence-corrected chi connectivity index (χ0v) is 19.6. The number of benzene rings is 2. The highest BCUT2D eigenvalue weighted by Crippen LogP contribution is 2.28. The van der Waals surface area contributed by atoms with Crippen molar-refractivity contribution in [2.24, 2.45) is 0 Å². The minimum Gasteiger partial charge on any atom is -0.493 e. The molecule has 2 heterocycles. The highest BCUT2D eigenvalue weighted by molar-refractivity contribution is 5.82. The third-order valence-electron chi connectivity index (χ3n) is 6.34. The smallest absolute Gasteiger partial charge is 0.226 e. The van der Waals surface area contributed by atoms with Crippen LogP contribution in [0.25, 0.3) is 10.9 Å². The first-order valence-electron chi connectivity index (χ1n) is 11.5. The standard InChI is InChI=1S/C26H34N4O2/c1-18-7-9-22-19(2)28-26(29-23(22)16-18)30-14-5-6-21(12-15-30)27-13-11-20-8-10-24(31-3)25(17-20)32-4/h7-10,16-17,21,27H,5-6,11-15H2,1-4H3. The maximum Gasteiger partial charge on any atom is 0.226 e. The molecule has 1 N–H and O–H groups in total. The zero-order valence-electron chi connectivity index (χ0n) is 19.6. The molecule has 1 aromatic heterocycles. The van der Waals surface area contributed by atoms with Gasteiger partial charge >= 0.3 is 0 Å². The van der Waals surface area contributed by atoms with Crippen LogP contribution in [0.4, 0.5) is 5.95 Å². The summed E-state index contributed by atoms with van der Waals surface area (Å²) >= 11 is 0. The van der Waals surface area contributed by atoms with Gasteiger partial charge in [0.2, 0.25) is 5.95 Å². The molecule has 1 unspecified atom stereocenters. The van der Waals surface area contributed by atoms with Crippen molar-refractivity contribution in [3.63, 3.8) is 0 Å². The first kappa shape index (κ1) is 22.3. The van der Waals surface area contributed by atoms with E-state index in [2.05, 4.69) is 54.4 Å². The van der Waals surface area contributed by atoms with Crippen LogP contribution in [0.2, 0.25) is 0 Å². The van der Waals surface area contributed by atoms with E-state index in [1.807, 2.05) is 6.07 Å². The monoisotopic (exact) mass is 434 g/mol. The number of hydrogen-bond acceptors (Lipinski definition) is 6. The van der Waals surface area contributed by atoms with Gasteiger partial charge in [-0.1, -0.05) is 18.2 Å². The summed E-state index contributed by atoms with van der Waals surface area (Å²) in [5.74, 6) is 2.43. The molecule has 0 spiro atoms. The second-order valence-electron chi connectivity index (χ2n) is 8.64. The Morgan fingerprint density at radius 3 is 2.62 bits per heavy atom. The molecule has 0 saturated carbocycles. The number of anilines is 1. The van der Waals surface area contributed by atoms with Crippen LogP contribution < -0.4 is 19.7 Å². The van der Waals surface area contributed by atoms with Crippen LogP contribution in [0.15, 0.2) is 36.4 Å². The molecule has 2 aromatic carbocycles. The molecule has 3 aromatic rings. The van der Waals surface area contributed by atoms with Gasteiger partial charge in [0.1, 0.15) is 0 Å². The van der Waals surface area contributed by atoms with Gasteiger partial charge in [0.15, 0.2) is 11.5 Å². The van der Waals surface area contributed by atoms with E-state index < -0.39 is 0 Å². The fraction of sp³-hybridized carbons (Fsp3) is 0.462. The highest BCUT2D eigenvalue weighted by Gasteiger charge is 2.19. The molecule has 0 bridgehead atoms. The quantitative estimate of drug-likeness (QED) is 0.593. The summed E-state index contributed by atoms with van der Waals surface area (Å²) in [7, 11) is 3.35. The van der Waals surface area contributed by atoms with E-state index in [1.165, 1.54) is 17.5 Å². The molecule has 1 fully saturated rings. The van der Waals surface area contributed by atoms with Gasteiger partial charge in [-0.15, -0.1) is 0 Å². The molecule has 32 heavy (non-hydrogen) atoms. The van der Waals surface area contributed by atoms with E-state index in [-0.39, 0.29) is 0 Å². The number of fused-ring (bicyclic) bond motifs is 1. The number of aromatic nitrogens is 2. The number of ether oxygens (including phenoxy) is 2. The topological polar surface area (TPSA) is 59.5 Å². The van der Waals surface area contributed by atoms with Gasteiger partial charge in [0, 0.05) is 24.5 Å². The molecule has 1 aliphatic heterocycles. The molecule has 1 saturated heterocycles. The van der Waals surface area contributed by atoms with Crippen molar-refractivity contribution < 1.29 is 9.47 Å². The third-order valence-corrected chi connectivity index (χ3v) is 6.34. The fourth-order valence-electron chi connectivity index (χ4n) is 4.48. The average molecular weight is 435 g/mol. The second-order valence-corrected chi connectivity index (χ2v) is 8.64. The molecular formula is C26H34N4O2. The predicted molar refractivity (Wildman–Crippen MR) is 130 cm³/mol. The molecule has 170 valence electrons. The van der Waals surface area contributed by atoms with Crippen LogP contribution in [-0.2, 0) is 6.42 Å². The van der Waals surface area contributed by atoms with E-state index in [9.17, 15) is 0 Å². The maximum atomic E-state index is 5.42. The van der Waals surface area contributed by atoms with Crippen molar-refractivity contribution in [3.05, 3.63) is 53.2 Å². The number of rotatable bonds is 7. The van der Waals surface area contributed by atoms with Gasteiger partial charge in [0.25, 0.3) is 0 Å². The van der Waals surface area contributed by atoms with Crippen molar-refractivity contribution in [2.75, 3.05) is 38.8 Å². The summed E-state index contributed by atoms with van der Waals surface area (Å²) < 4.78 is 10.8. The average Bonchev–Trinajstić information content (AvgIpc) is 3.04. The van der Waals surface area contributed by atoms with Crippen LogP contribution in [0, 0.1) is 13.8 Å². The van der Waals surface area contributed by atoms with Gasteiger partial charge in [-0.25, -0.2) is 9.97 Å². The predicted octanol–water partition coefficient (Wildman–Crippen LogP) is 4.46. The second kappa shape index (κ2) is 10.2. The SMILES string of the molecule is COc1ccc(CCNC2CCCN(c3nc(C)c4ccc(C)cc4n3)CC2)cc1OC. The minimum atomic E-state index is 0.518. The van der Waals surface area contributed by atoms with Gasteiger partial charge in [-0.05, 0) is 75.4 Å². The fourth-order valence-corrected chi connectivity index (χ4v) is 4.48. The van der Waals surface area contributed by atoms with Crippen LogP contribution >= 0.6 is 0 Å². The maximum absolute atomic E-state index is 5.42. The van der Waals surface area contributed by atoms with Crippen LogP contribution in [-0.4, -0.2) is 49.9 Å². The van der Waals surface area contributed by atoms with E-state index in [0.717, 1.165) is 72.9 Å². The zero-order chi connectivity index (χ0) is 22.5. The number of aryl methyl sites for hydroxylation is 2. The molecule has 0 amide bonds. The third kappa shape index (κ3) is 5.13. The summed E-state index contributed by atoms with van der Waals surface area (Å²) in [6, 6.07) is 13.1. The highest BCUT2D eigenvalue weighted by atomic mass is 16.5. The van der Waals surface area contributed by atoms with Crippen molar-refractivity contribution in [2.45, 2.75) is 45.6 Å². The molecule has 4 rings (SSSR count). The Bertz CT molecular complexity index is 1070. The Balaban J connectivity index is 1.34. The summed E-state index contributed by atoms with van der Waals surface area (Å²) in [5.41, 5.74) is 4.58. The van der Waals surface area contributed by atoms with Gasteiger partial charge < -0.3 is 19.7 Å². The van der Waals surface area contributed by atoms with E-state index in [1.54, 1.807) is 14.2 Å². The van der Waals surface area contributed by atoms with Gasteiger partial charge in [-0.2, -0.15) is 0 Å². The van der Waals surface area contributed by atoms with Crippen LogP contribution in [0.3, 0.4) is 0 Å². The van der Waals surface area contributed by atoms with Gasteiger partial charge in [0.05, 0.1) is 25.4 Å². The minimum absolute atomic E-state index is 0.518. The Labute approximate surface area is 191 Å². The normalized spacial score (nSPS) is 16.8. The number of nitrogens with one attached hydrogen (secondary N) is 1. The first-order chi connectivity index (χ1) is 15.6. The number of hydrogen-bond donors (Lipinski definition) is 1. The number of methoxy groups -OCH3 is 2. The summed E-state index contributed by atoms with van der Waals surface area (Å²) in [6.45, 7) is 7.13. The molecule has 1 atom stereocenters. The molecule has 0 radical (unpaired) electrons. The van der Waals surface area contributed by atoms with E-state index in [0.29, 0.717) is 6.04 Å². The van der Waals surface area contributed by atoms with E-state index >= 15 is 0 Å². The lowest BCUT2D eigenvalue weighted by Gasteiger charge is -2.22. The largest absolute Gasteiger partial charge is 0.493 e. The summed E-state index contributed by atoms with van der Waals surface area (Å²) in [6.07, 6.45) is 4.38. The van der Waals surface area contributed by atoms with Gasteiger partial charge in [-0.3, -0.25) is 0 Å². The van der Waals surface area contributed by atoms with Crippen molar-refractivity contribution in [1.29, 1.82) is 0 Å². The molecule has 6 heteroatoms. The Hall–Kier alpha value is -2.86.